The molecule has 0 saturated carbocycles. The van der Waals surface area contributed by atoms with E-state index in [-0.39, 0.29) is 6.10 Å². The van der Waals surface area contributed by atoms with Gasteiger partial charge in [0.05, 0.1) is 24.5 Å². The van der Waals surface area contributed by atoms with Gasteiger partial charge in [0, 0.05) is 24.2 Å². The largest absolute Gasteiger partial charge is 0.474 e. The van der Waals surface area contributed by atoms with Gasteiger partial charge in [-0.15, -0.1) is 0 Å². The molecule has 5 heteroatoms. The zero-order valence-electron chi connectivity index (χ0n) is 21.4. The fourth-order valence-electron chi connectivity index (χ4n) is 5.13. The van der Waals surface area contributed by atoms with Gasteiger partial charge in [-0.1, -0.05) is 91.0 Å². The number of ether oxygens (including phenoxy) is 2. The summed E-state index contributed by atoms with van der Waals surface area (Å²) in [5.41, 5.74) is 5.32. The molecule has 0 atom stereocenters. The summed E-state index contributed by atoms with van der Waals surface area (Å²) in [6, 6.07) is 33.4. The molecular weight excluding hydrogens is 458 g/mol. The molecule has 188 valence electrons. The first-order valence-electron chi connectivity index (χ1n) is 12.8. The lowest BCUT2D eigenvalue weighted by Crippen LogP contribution is -2.38. The second-order valence-electron chi connectivity index (χ2n) is 9.52. The third kappa shape index (κ3) is 5.13. The molecule has 1 aliphatic heterocycles. The second kappa shape index (κ2) is 11.0. The minimum atomic E-state index is -0.711. The highest BCUT2D eigenvalue weighted by molar-refractivity contribution is 6.03. The minimum absolute atomic E-state index is 0.0242. The van der Waals surface area contributed by atoms with Crippen LogP contribution in [-0.4, -0.2) is 30.0 Å². The number of anilines is 1. The van der Waals surface area contributed by atoms with Crippen LogP contribution >= 0.6 is 0 Å². The van der Waals surface area contributed by atoms with E-state index in [1.807, 2.05) is 31.2 Å². The van der Waals surface area contributed by atoms with Crippen molar-refractivity contribution in [2.45, 2.75) is 38.3 Å². The number of rotatable bonds is 8. The van der Waals surface area contributed by atoms with E-state index < -0.39 is 5.54 Å². The normalized spacial score (nSPS) is 14.2. The SMILES string of the molecule is CC(=N)c1c(NC(c2ccccc2)(c2ccccc2)c2ccccc2)cc(C)nc1OC1CCOCC1. The fourth-order valence-corrected chi connectivity index (χ4v) is 5.13. The van der Waals surface area contributed by atoms with Gasteiger partial charge in [0.25, 0.3) is 0 Å². The van der Waals surface area contributed by atoms with Crippen LogP contribution in [0.5, 0.6) is 5.88 Å². The van der Waals surface area contributed by atoms with Crippen LogP contribution in [0, 0.1) is 12.3 Å². The van der Waals surface area contributed by atoms with Gasteiger partial charge >= 0.3 is 0 Å². The highest BCUT2D eigenvalue weighted by Crippen LogP contribution is 2.42. The molecule has 2 heterocycles. The number of nitrogens with zero attached hydrogens (tertiary/aromatic N) is 1. The van der Waals surface area contributed by atoms with Crippen molar-refractivity contribution in [2.24, 2.45) is 0 Å². The Morgan fingerprint density at radius 1 is 0.865 bits per heavy atom. The van der Waals surface area contributed by atoms with E-state index in [4.69, 9.17) is 19.9 Å². The lowest BCUT2D eigenvalue weighted by Gasteiger charge is -2.38. The maximum atomic E-state index is 8.74. The Balaban J connectivity index is 1.72. The van der Waals surface area contributed by atoms with Gasteiger partial charge in [-0.25, -0.2) is 4.98 Å². The van der Waals surface area contributed by atoms with Crippen molar-refractivity contribution in [1.82, 2.24) is 4.98 Å². The molecule has 3 aromatic carbocycles. The molecule has 5 nitrogen and oxygen atoms in total. The summed E-state index contributed by atoms with van der Waals surface area (Å²) in [6.45, 7) is 5.13. The predicted octanol–water partition coefficient (Wildman–Crippen LogP) is 6.74. The van der Waals surface area contributed by atoms with Gasteiger partial charge in [-0.2, -0.15) is 0 Å². The van der Waals surface area contributed by atoms with Crippen molar-refractivity contribution in [3.05, 3.63) is 125 Å². The average Bonchev–Trinajstić information content (AvgIpc) is 2.93. The lowest BCUT2D eigenvalue weighted by atomic mass is 9.76. The molecule has 0 amide bonds. The molecule has 1 aliphatic rings. The van der Waals surface area contributed by atoms with E-state index in [2.05, 4.69) is 78.1 Å². The van der Waals surface area contributed by atoms with Crippen LogP contribution in [-0.2, 0) is 10.3 Å². The summed E-state index contributed by atoms with van der Waals surface area (Å²) in [5.74, 6) is 0.505. The molecule has 1 fully saturated rings. The molecule has 5 rings (SSSR count). The maximum Gasteiger partial charge on any atom is 0.225 e. The van der Waals surface area contributed by atoms with Gasteiger partial charge in [-0.3, -0.25) is 0 Å². The maximum absolute atomic E-state index is 8.74. The summed E-state index contributed by atoms with van der Waals surface area (Å²) in [5, 5.41) is 12.7. The third-order valence-corrected chi connectivity index (χ3v) is 6.88. The Hall–Kier alpha value is -3.96. The first-order chi connectivity index (χ1) is 18.1. The summed E-state index contributed by atoms with van der Waals surface area (Å²) in [4.78, 5) is 4.75. The Labute approximate surface area is 219 Å². The molecule has 0 aliphatic carbocycles. The van der Waals surface area contributed by atoms with Gasteiger partial charge in [0.2, 0.25) is 5.88 Å². The number of benzene rings is 3. The van der Waals surface area contributed by atoms with Crippen LogP contribution in [0.1, 0.15) is 47.7 Å². The Kier molecular flexibility index (Phi) is 7.33. The van der Waals surface area contributed by atoms with Crippen LogP contribution in [0.2, 0.25) is 0 Å². The van der Waals surface area contributed by atoms with E-state index in [1.165, 1.54) is 0 Å². The van der Waals surface area contributed by atoms with Crippen molar-refractivity contribution < 1.29 is 9.47 Å². The van der Waals surface area contributed by atoms with Crippen LogP contribution in [0.3, 0.4) is 0 Å². The van der Waals surface area contributed by atoms with Crippen LogP contribution in [0.15, 0.2) is 97.1 Å². The summed E-state index contributed by atoms with van der Waals surface area (Å²) in [7, 11) is 0. The minimum Gasteiger partial charge on any atom is -0.474 e. The smallest absolute Gasteiger partial charge is 0.225 e. The first-order valence-corrected chi connectivity index (χ1v) is 12.8. The molecule has 2 N–H and O–H groups in total. The number of nitrogens with one attached hydrogen (secondary N) is 2. The Morgan fingerprint density at radius 3 is 1.81 bits per heavy atom. The number of aryl methyl sites for hydroxylation is 1. The standard InChI is InChI=1S/C32H33N3O2/c1-23-22-29(30(24(2)33)31(34-23)37-28-18-20-36-21-19-28)35-32(25-12-6-3-7-13-25,26-14-8-4-9-15-26)27-16-10-5-11-17-27/h3-17,22,28,33H,18-21H2,1-2H3,(H,34,35). The van der Waals surface area contributed by atoms with Gasteiger partial charge in [0.1, 0.15) is 11.6 Å². The van der Waals surface area contributed by atoms with Crippen molar-refractivity contribution in [3.8, 4) is 5.88 Å². The van der Waals surface area contributed by atoms with Crippen molar-refractivity contribution >= 4 is 11.4 Å². The number of aromatic nitrogens is 1. The summed E-state index contributed by atoms with van der Waals surface area (Å²) >= 11 is 0. The Bertz CT molecular complexity index is 1240. The molecule has 0 spiro atoms. The van der Waals surface area contributed by atoms with Crippen LogP contribution < -0.4 is 10.1 Å². The van der Waals surface area contributed by atoms with Crippen LogP contribution in [0.25, 0.3) is 0 Å². The summed E-state index contributed by atoms with van der Waals surface area (Å²) in [6.07, 6.45) is 1.66. The molecule has 0 radical (unpaired) electrons. The quantitative estimate of drug-likeness (QED) is 0.212. The predicted molar refractivity (Wildman–Crippen MR) is 149 cm³/mol. The highest BCUT2D eigenvalue weighted by Gasteiger charge is 2.37. The van der Waals surface area contributed by atoms with Gasteiger partial charge in [-0.05, 0) is 36.6 Å². The number of pyridine rings is 1. The van der Waals surface area contributed by atoms with E-state index in [0.29, 0.717) is 30.4 Å². The van der Waals surface area contributed by atoms with Crippen molar-refractivity contribution in [2.75, 3.05) is 18.5 Å². The molecule has 0 bridgehead atoms. The highest BCUT2D eigenvalue weighted by atomic mass is 16.5. The van der Waals surface area contributed by atoms with Crippen molar-refractivity contribution in [3.63, 3.8) is 0 Å². The zero-order valence-corrected chi connectivity index (χ0v) is 21.4. The topological polar surface area (TPSA) is 67.2 Å². The molecule has 37 heavy (non-hydrogen) atoms. The van der Waals surface area contributed by atoms with Gasteiger partial charge in [0.15, 0.2) is 0 Å². The third-order valence-electron chi connectivity index (χ3n) is 6.88. The second-order valence-corrected chi connectivity index (χ2v) is 9.52. The monoisotopic (exact) mass is 491 g/mol. The molecule has 4 aromatic rings. The lowest BCUT2D eigenvalue weighted by molar-refractivity contribution is 0.0236. The van der Waals surface area contributed by atoms with E-state index in [0.717, 1.165) is 40.9 Å². The number of hydrogen-bond donors (Lipinski definition) is 2. The molecular formula is C32H33N3O2. The average molecular weight is 492 g/mol. The van der Waals surface area contributed by atoms with E-state index >= 15 is 0 Å². The number of hydrogen-bond acceptors (Lipinski definition) is 5. The molecule has 1 aromatic heterocycles. The van der Waals surface area contributed by atoms with Crippen LogP contribution in [0.4, 0.5) is 5.69 Å². The van der Waals surface area contributed by atoms with E-state index in [1.54, 1.807) is 6.92 Å². The fraction of sp³-hybridized carbons (Fsp3) is 0.250. The molecule has 1 saturated heterocycles. The Morgan fingerprint density at radius 2 is 1.35 bits per heavy atom. The van der Waals surface area contributed by atoms with Gasteiger partial charge < -0.3 is 20.2 Å². The van der Waals surface area contributed by atoms with Crippen molar-refractivity contribution in [1.29, 1.82) is 5.41 Å². The first kappa shape index (κ1) is 24.7. The van der Waals surface area contributed by atoms with E-state index in [9.17, 15) is 0 Å². The zero-order chi connectivity index (χ0) is 25.7. The molecule has 0 unspecified atom stereocenters. The summed E-state index contributed by atoms with van der Waals surface area (Å²) < 4.78 is 11.9.